The van der Waals surface area contributed by atoms with E-state index in [1.165, 1.54) is 0 Å². The van der Waals surface area contributed by atoms with E-state index in [1.54, 1.807) is 4.90 Å². The molecule has 156 valence electrons. The number of ether oxygens (including phenoxy) is 1. The van der Waals surface area contributed by atoms with E-state index < -0.39 is 5.60 Å². The van der Waals surface area contributed by atoms with E-state index in [0.29, 0.717) is 18.7 Å². The molecule has 0 fully saturated rings. The molecule has 3 aromatic rings. The summed E-state index contributed by atoms with van der Waals surface area (Å²) < 4.78 is 5.48. The number of hydrogen-bond acceptors (Lipinski definition) is 4. The number of nitrogens with zero attached hydrogens (tertiary/aromatic N) is 2. The molecular weight excluding hydrogens is 380 g/mol. The SMILES string of the molecule is Cc1ccc2ccccc2c1NC(=O)c1n[nH]c2c1CN(C(=O)OC(C)(C)C)CC2. The van der Waals surface area contributed by atoms with Crippen molar-refractivity contribution in [2.24, 2.45) is 0 Å². The fraction of sp³-hybridized carbons (Fsp3) is 0.348. The molecule has 4 rings (SSSR count). The molecule has 0 saturated carbocycles. The fourth-order valence-electron chi connectivity index (χ4n) is 3.68. The van der Waals surface area contributed by atoms with Gasteiger partial charge in [0.15, 0.2) is 5.69 Å². The van der Waals surface area contributed by atoms with Crippen molar-refractivity contribution in [2.75, 3.05) is 11.9 Å². The molecule has 7 heteroatoms. The third kappa shape index (κ3) is 3.87. The molecule has 0 aliphatic carbocycles. The quantitative estimate of drug-likeness (QED) is 0.660. The summed E-state index contributed by atoms with van der Waals surface area (Å²) in [5, 5.41) is 12.3. The number of hydrogen-bond donors (Lipinski definition) is 2. The normalized spacial score (nSPS) is 13.8. The highest BCUT2D eigenvalue weighted by atomic mass is 16.6. The van der Waals surface area contributed by atoms with Crippen molar-refractivity contribution in [1.29, 1.82) is 0 Å². The minimum absolute atomic E-state index is 0.290. The molecule has 2 amide bonds. The average Bonchev–Trinajstić information content (AvgIpc) is 3.12. The number of anilines is 1. The zero-order valence-electron chi connectivity index (χ0n) is 17.7. The van der Waals surface area contributed by atoms with Gasteiger partial charge in [-0.25, -0.2) is 4.79 Å². The first-order chi connectivity index (χ1) is 14.2. The lowest BCUT2D eigenvalue weighted by Crippen LogP contribution is -2.40. The van der Waals surface area contributed by atoms with E-state index in [-0.39, 0.29) is 18.5 Å². The van der Waals surface area contributed by atoms with Crippen LogP contribution >= 0.6 is 0 Å². The molecule has 2 aromatic carbocycles. The number of aryl methyl sites for hydroxylation is 1. The Morgan fingerprint density at radius 1 is 1.17 bits per heavy atom. The molecule has 7 nitrogen and oxygen atoms in total. The Bertz CT molecular complexity index is 1130. The third-order valence-electron chi connectivity index (χ3n) is 5.18. The molecule has 0 saturated heterocycles. The van der Waals surface area contributed by atoms with Gasteiger partial charge in [-0.15, -0.1) is 0 Å². The van der Waals surface area contributed by atoms with E-state index in [0.717, 1.165) is 33.3 Å². The lowest BCUT2D eigenvalue weighted by atomic mass is 10.0. The van der Waals surface area contributed by atoms with Crippen molar-refractivity contribution in [1.82, 2.24) is 15.1 Å². The standard InChI is InChI=1S/C23H26N4O3/c1-14-9-10-15-7-5-6-8-16(15)19(14)24-21(28)20-17-13-27(12-11-18(17)25-26-20)22(29)30-23(2,3)4/h5-10H,11-13H2,1-4H3,(H,24,28)(H,25,26). The van der Waals surface area contributed by atoms with Crippen LogP contribution in [0.25, 0.3) is 10.8 Å². The van der Waals surface area contributed by atoms with E-state index in [4.69, 9.17) is 4.74 Å². The van der Waals surface area contributed by atoms with E-state index in [9.17, 15) is 9.59 Å². The summed E-state index contributed by atoms with van der Waals surface area (Å²) in [4.78, 5) is 27.2. The average molecular weight is 406 g/mol. The largest absolute Gasteiger partial charge is 0.444 e. The topological polar surface area (TPSA) is 87.3 Å². The molecule has 30 heavy (non-hydrogen) atoms. The predicted octanol–water partition coefficient (Wildman–Crippen LogP) is 4.42. The van der Waals surface area contributed by atoms with Crippen LogP contribution in [0.1, 0.15) is 48.1 Å². The summed E-state index contributed by atoms with van der Waals surface area (Å²) in [6.45, 7) is 8.29. The Balaban J connectivity index is 1.59. The van der Waals surface area contributed by atoms with Crippen molar-refractivity contribution in [2.45, 2.75) is 46.3 Å². The van der Waals surface area contributed by atoms with Gasteiger partial charge in [-0.2, -0.15) is 5.10 Å². The minimum atomic E-state index is -0.570. The lowest BCUT2D eigenvalue weighted by molar-refractivity contribution is 0.0222. The molecule has 1 aliphatic heterocycles. The van der Waals surface area contributed by atoms with Gasteiger partial charge in [-0.05, 0) is 38.6 Å². The highest BCUT2D eigenvalue weighted by Gasteiger charge is 2.30. The zero-order chi connectivity index (χ0) is 21.5. The summed E-state index contributed by atoms with van der Waals surface area (Å²) in [5.74, 6) is -0.294. The minimum Gasteiger partial charge on any atom is -0.444 e. The molecule has 0 spiro atoms. The van der Waals surface area contributed by atoms with Crippen LogP contribution in [0.15, 0.2) is 36.4 Å². The Hall–Kier alpha value is -3.35. The molecule has 2 heterocycles. The Labute approximate surface area is 175 Å². The third-order valence-corrected chi connectivity index (χ3v) is 5.18. The Morgan fingerprint density at radius 3 is 2.70 bits per heavy atom. The van der Waals surface area contributed by atoms with Gasteiger partial charge in [0.05, 0.1) is 12.2 Å². The highest BCUT2D eigenvalue weighted by Crippen LogP contribution is 2.29. The van der Waals surface area contributed by atoms with Crippen molar-refractivity contribution >= 4 is 28.5 Å². The second-order valence-electron chi connectivity index (χ2n) is 8.61. The molecule has 0 bridgehead atoms. The number of carbonyl (C=O) groups is 2. The summed E-state index contributed by atoms with van der Waals surface area (Å²) >= 11 is 0. The second kappa shape index (κ2) is 7.48. The summed E-state index contributed by atoms with van der Waals surface area (Å²) in [6.07, 6.45) is 0.216. The monoisotopic (exact) mass is 406 g/mol. The summed E-state index contributed by atoms with van der Waals surface area (Å²) in [6, 6.07) is 11.9. The number of H-pyrrole nitrogens is 1. The number of fused-ring (bicyclic) bond motifs is 2. The molecule has 2 N–H and O–H groups in total. The van der Waals surface area contributed by atoms with Gasteiger partial charge in [-0.1, -0.05) is 36.4 Å². The summed E-state index contributed by atoms with van der Waals surface area (Å²) in [5.41, 5.74) is 3.11. The van der Waals surface area contributed by atoms with Crippen LogP contribution in [0.2, 0.25) is 0 Å². The van der Waals surface area contributed by atoms with E-state index in [1.807, 2.05) is 64.1 Å². The smallest absolute Gasteiger partial charge is 0.410 e. The van der Waals surface area contributed by atoms with Gasteiger partial charge >= 0.3 is 6.09 Å². The maximum absolute atomic E-state index is 13.1. The number of rotatable bonds is 2. The van der Waals surface area contributed by atoms with E-state index >= 15 is 0 Å². The van der Waals surface area contributed by atoms with Gasteiger partial charge in [0.25, 0.3) is 5.91 Å². The van der Waals surface area contributed by atoms with Crippen LogP contribution in [-0.2, 0) is 17.7 Å². The van der Waals surface area contributed by atoms with Crippen LogP contribution in [0.5, 0.6) is 0 Å². The van der Waals surface area contributed by atoms with Crippen molar-refractivity contribution < 1.29 is 14.3 Å². The van der Waals surface area contributed by atoms with Gasteiger partial charge in [0, 0.05) is 29.6 Å². The van der Waals surface area contributed by atoms with Gasteiger partial charge in [0.1, 0.15) is 5.60 Å². The number of aromatic amines is 1. The van der Waals surface area contributed by atoms with Crippen molar-refractivity contribution in [3.8, 4) is 0 Å². The predicted molar refractivity (Wildman–Crippen MR) is 116 cm³/mol. The first-order valence-electron chi connectivity index (χ1n) is 10.1. The maximum atomic E-state index is 13.1. The lowest BCUT2D eigenvalue weighted by Gasteiger charge is -2.30. The van der Waals surface area contributed by atoms with Crippen LogP contribution in [0, 0.1) is 6.92 Å². The molecule has 0 radical (unpaired) electrons. The van der Waals surface area contributed by atoms with E-state index in [2.05, 4.69) is 15.5 Å². The second-order valence-corrected chi connectivity index (χ2v) is 8.61. The number of carbonyl (C=O) groups excluding carboxylic acids is 2. The van der Waals surface area contributed by atoms with Gasteiger partial charge in [0.2, 0.25) is 0 Å². The first-order valence-corrected chi connectivity index (χ1v) is 10.1. The molecule has 1 aromatic heterocycles. The van der Waals surface area contributed by atoms with Gasteiger partial charge in [-0.3, -0.25) is 9.89 Å². The molecule has 0 unspecified atom stereocenters. The molecule has 0 atom stereocenters. The number of aromatic nitrogens is 2. The van der Waals surface area contributed by atoms with Crippen LogP contribution in [0.4, 0.5) is 10.5 Å². The van der Waals surface area contributed by atoms with Crippen molar-refractivity contribution in [3.63, 3.8) is 0 Å². The fourth-order valence-corrected chi connectivity index (χ4v) is 3.68. The van der Waals surface area contributed by atoms with Crippen LogP contribution < -0.4 is 5.32 Å². The Morgan fingerprint density at radius 2 is 1.93 bits per heavy atom. The molecular formula is C23H26N4O3. The van der Waals surface area contributed by atoms with Gasteiger partial charge < -0.3 is 15.0 Å². The van der Waals surface area contributed by atoms with Crippen LogP contribution in [-0.4, -0.2) is 39.2 Å². The maximum Gasteiger partial charge on any atom is 0.410 e. The number of benzene rings is 2. The highest BCUT2D eigenvalue weighted by molar-refractivity contribution is 6.09. The molecule has 1 aliphatic rings. The summed E-state index contributed by atoms with van der Waals surface area (Å²) in [7, 11) is 0. The van der Waals surface area contributed by atoms with Crippen molar-refractivity contribution in [3.05, 3.63) is 58.9 Å². The Kier molecular flexibility index (Phi) is 4.97. The first kappa shape index (κ1) is 19.9. The number of nitrogens with one attached hydrogen (secondary N) is 2. The zero-order valence-corrected chi connectivity index (χ0v) is 17.7. The number of amides is 2. The van der Waals surface area contributed by atoms with Crippen LogP contribution in [0.3, 0.4) is 0 Å².